The van der Waals surface area contributed by atoms with Crippen molar-refractivity contribution in [3.8, 4) is 0 Å². The molecule has 0 aliphatic carbocycles. The third-order valence-corrected chi connectivity index (χ3v) is 4.68. The summed E-state index contributed by atoms with van der Waals surface area (Å²) >= 11 is 1.71. The summed E-state index contributed by atoms with van der Waals surface area (Å²) in [6.45, 7) is 2.98. The first-order chi connectivity index (χ1) is 10.6. The summed E-state index contributed by atoms with van der Waals surface area (Å²) in [6.07, 6.45) is -0.598. The summed E-state index contributed by atoms with van der Waals surface area (Å²) in [5.41, 5.74) is 0.509. The second-order valence-corrected chi connectivity index (χ2v) is 6.37. The maximum absolute atomic E-state index is 13.4. The fourth-order valence-electron chi connectivity index (χ4n) is 2.21. The van der Waals surface area contributed by atoms with Gasteiger partial charge < -0.3 is 9.84 Å². The molecule has 0 saturated carbocycles. The van der Waals surface area contributed by atoms with Crippen LogP contribution in [0.25, 0.3) is 0 Å². The molecule has 0 radical (unpaired) electrons. The largest absolute Gasteiger partial charge is 0.389 e. The molecule has 5 heteroatoms. The van der Waals surface area contributed by atoms with E-state index in [1.165, 1.54) is 10.9 Å². The number of halogens is 1. The van der Waals surface area contributed by atoms with Gasteiger partial charge in [0.15, 0.2) is 0 Å². The first kappa shape index (κ1) is 17.1. The minimum Gasteiger partial charge on any atom is -0.389 e. The number of ether oxygens (including phenoxy) is 1. The number of hydrogen-bond acceptors (Lipinski definition) is 4. The van der Waals surface area contributed by atoms with Gasteiger partial charge in [0.25, 0.3) is 0 Å². The van der Waals surface area contributed by atoms with Crippen molar-refractivity contribution in [2.45, 2.75) is 25.7 Å². The number of benzene rings is 1. The average molecular weight is 323 g/mol. The highest BCUT2D eigenvalue weighted by Crippen LogP contribution is 2.23. The van der Waals surface area contributed by atoms with Crippen molar-refractivity contribution < 1.29 is 14.2 Å². The number of aliphatic hydroxyl groups is 1. The number of nitrogens with zero attached hydrogens (tertiary/aromatic N) is 1. The van der Waals surface area contributed by atoms with Crippen molar-refractivity contribution in [1.29, 1.82) is 0 Å². The molecular formula is C17H22FNO2S. The van der Waals surface area contributed by atoms with Crippen LogP contribution in [-0.2, 0) is 11.3 Å². The summed E-state index contributed by atoms with van der Waals surface area (Å²) < 4.78 is 18.9. The molecule has 0 spiro atoms. The van der Waals surface area contributed by atoms with Gasteiger partial charge in [0, 0.05) is 23.0 Å². The Labute approximate surface area is 135 Å². The van der Waals surface area contributed by atoms with Gasteiger partial charge in [-0.2, -0.15) is 0 Å². The summed E-state index contributed by atoms with van der Waals surface area (Å²) in [4.78, 5) is 3.35. The van der Waals surface area contributed by atoms with Crippen molar-refractivity contribution in [2.75, 3.05) is 20.2 Å². The molecule has 0 bridgehead atoms. The molecule has 22 heavy (non-hydrogen) atoms. The Balaban J connectivity index is 1.73. The van der Waals surface area contributed by atoms with Crippen molar-refractivity contribution in [1.82, 2.24) is 4.90 Å². The highest BCUT2D eigenvalue weighted by Gasteiger charge is 2.16. The Morgan fingerprint density at radius 1 is 1.27 bits per heavy atom. The number of likely N-dealkylation sites (N-methyl/N-ethyl adjacent to an activating group) is 1. The van der Waals surface area contributed by atoms with Crippen molar-refractivity contribution in [2.24, 2.45) is 0 Å². The van der Waals surface area contributed by atoms with Crippen LogP contribution >= 0.6 is 11.3 Å². The average Bonchev–Trinajstić information content (AvgIpc) is 3.02. The maximum Gasteiger partial charge on any atom is 0.128 e. The minimum absolute atomic E-state index is 0.175. The molecule has 120 valence electrons. The number of rotatable bonds is 8. The number of aliphatic hydroxyl groups excluding tert-OH is 1. The normalized spacial score (nSPS) is 14.2. The van der Waals surface area contributed by atoms with Crippen LogP contribution in [-0.4, -0.2) is 36.3 Å². The SMILES string of the molecule is CC(c1cccs1)N(C)CC(O)COCc1ccccc1F. The van der Waals surface area contributed by atoms with E-state index in [1.54, 1.807) is 29.5 Å². The molecule has 1 heterocycles. The number of thiophene rings is 1. The maximum atomic E-state index is 13.4. The second kappa shape index (κ2) is 8.39. The standard InChI is InChI=1S/C17H22FNO2S/c1-13(17-8-5-9-22-17)19(2)10-15(20)12-21-11-14-6-3-4-7-16(14)18/h3-9,13,15,20H,10-12H2,1-2H3. The third-order valence-electron chi connectivity index (χ3n) is 3.64. The van der Waals surface area contributed by atoms with Gasteiger partial charge in [0.1, 0.15) is 5.82 Å². The predicted molar refractivity (Wildman–Crippen MR) is 87.4 cm³/mol. The van der Waals surface area contributed by atoms with E-state index in [0.29, 0.717) is 12.1 Å². The van der Waals surface area contributed by atoms with E-state index in [1.807, 2.05) is 18.5 Å². The van der Waals surface area contributed by atoms with Gasteiger partial charge in [-0.25, -0.2) is 4.39 Å². The van der Waals surface area contributed by atoms with Gasteiger partial charge in [0.2, 0.25) is 0 Å². The molecule has 0 saturated heterocycles. The molecule has 2 aromatic rings. The molecule has 0 amide bonds. The van der Waals surface area contributed by atoms with Gasteiger partial charge in [-0.15, -0.1) is 11.3 Å². The quantitative estimate of drug-likeness (QED) is 0.807. The molecule has 2 unspecified atom stereocenters. The molecule has 1 aromatic heterocycles. The topological polar surface area (TPSA) is 32.7 Å². The molecule has 2 atom stereocenters. The highest BCUT2D eigenvalue weighted by atomic mass is 32.1. The molecule has 1 aromatic carbocycles. The lowest BCUT2D eigenvalue weighted by Gasteiger charge is -2.26. The first-order valence-electron chi connectivity index (χ1n) is 7.30. The zero-order chi connectivity index (χ0) is 15.9. The second-order valence-electron chi connectivity index (χ2n) is 5.39. The van der Waals surface area contributed by atoms with Crippen LogP contribution in [0.3, 0.4) is 0 Å². The van der Waals surface area contributed by atoms with Crippen molar-refractivity contribution in [3.63, 3.8) is 0 Å². The van der Waals surface area contributed by atoms with E-state index in [0.717, 1.165) is 0 Å². The van der Waals surface area contributed by atoms with Crippen LogP contribution < -0.4 is 0 Å². The Morgan fingerprint density at radius 2 is 2.05 bits per heavy atom. The number of hydrogen-bond donors (Lipinski definition) is 1. The van der Waals surface area contributed by atoms with E-state index >= 15 is 0 Å². The van der Waals surface area contributed by atoms with Gasteiger partial charge in [-0.1, -0.05) is 24.3 Å². The Kier molecular flexibility index (Phi) is 6.51. The van der Waals surface area contributed by atoms with Crippen LogP contribution in [0.2, 0.25) is 0 Å². The minimum atomic E-state index is -0.598. The summed E-state index contributed by atoms with van der Waals surface area (Å²) in [7, 11) is 1.98. The Hall–Kier alpha value is -1.27. The Bertz CT molecular complexity index is 562. The van der Waals surface area contributed by atoms with E-state index < -0.39 is 6.10 Å². The fraction of sp³-hybridized carbons (Fsp3) is 0.412. The molecule has 0 aliphatic rings. The van der Waals surface area contributed by atoms with Crippen molar-refractivity contribution >= 4 is 11.3 Å². The molecule has 0 fully saturated rings. The smallest absolute Gasteiger partial charge is 0.128 e. The highest BCUT2D eigenvalue weighted by molar-refractivity contribution is 7.10. The van der Waals surface area contributed by atoms with E-state index in [4.69, 9.17) is 4.74 Å². The van der Waals surface area contributed by atoms with E-state index in [2.05, 4.69) is 17.9 Å². The summed E-state index contributed by atoms with van der Waals surface area (Å²) in [6, 6.07) is 10.9. The molecular weight excluding hydrogens is 301 g/mol. The van der Waals surface area contributed by atoms with Crippen LogP contribution in [0.15, 0.2) is 41.8 Å². The molecule has 3 nitrogen and oxygen atoms in total. The van der Waals surface area contributed by atoms with Crippen molar-refractivity contribution in [3.05, 3.63) is 58.0 Å². The van der Waals surface area contributed by atoms with E-state index in [-0.39, 0.29) is 25.1 Å². The first-order valence-corrected chi connectivity index (χ1v) is 8.18. The Morgan fingerprint density at radius 3 is 2.73 bits per heavy atom. The lowest BCUT2D eigenvalue weighted by atomic mass is 10.2. The monoisotopic (exact) mass is 323 g/mol. The lowest BCUT2D eigenvalue weighted by molar-refractivity contribution is 0.00799. The van der Waals surface area contributed by atoms with Crippen LogP contribution in [0.1, 0.15) is 23.4 Å². The van der Waals surface area contributed by atoms with Crippen LogP contribution in [0.4, 0.5) is 4.39 Å². The van der Waals surface area contributed by atoms with Gasteiger partial charge in [0.05, 0.1) is 19.3 Å². The summed E-state index contributed by atoms with van der Waals surface area (Å²) in [5, 5.41) is 12.1. The zero-order valence-electron chi connectivity index (χ0n) is 12.9. The van der Waals surface area contributed by atoms with E-state index in [9.17, 15) is 9.50 Å². The third kappa shape index (κ3) is 4.88. The fourth-order valence-corrected chi connectivity index (χ4v) is 3.06. The molecule has 1 N–H and O–H groups in total. The van der Waals surface area contributed by atoms with Crippen LogP contribution in [0.5, 0.6) is 0 Å². The lowest BCUT2D eigenvalue weighted by Crippen LogP contribution is -2.33. The molecule has 2 rings (SSSR count). The van der Waals surface area contributed by atoms with Crippen LogP contribution in [0, 0.1) is 5.82 Å². The molecule has 0 aliphatic heterocycles. The van der Waals surface area contributed by atoms with Gasteiger partial charge >= 0.3 is 0 Å². The zero-order valence-corrected chi connectivity index (χ0v) is 13.7. The van der Waals surface area contributed by atoms with Gasteiger partial charge in [-0.3, -0.25) is 4.90 Å². The predicted octanol–water partition coefficient (Wildman–Crippen LogP) is 3.46. The summed E-state index contributed by atoms with van der Waals surface area (Å²) in [5.74, 6) is -0.277. The van der Waals surface area contributed by atoms with Gasteiger partial charge in [-0.05, 0) is 31.5 Å².